The summed E-state index contributed by atoms with van der Waals surface area (Å²) in [5, 5.41) is 9.51. The lowest BCUT2D eigenvalue weighted by Crippen LogP contribution is -2.37. The third-order valence-corrected chi connectivity index (χ3v) is 4.41. The predicted molar refractivity (Wildman–Crippen MR) is 80.0 cm³/mol. The summed E-state index contributed by atoms with van der Waals surface area (Å²) in [6.45, 7) is 2.31. The first-order valence-electron chi connectivity index (χ1n) is 6.64. The molecular formula is C13H17Cl2N3O3. The van der Waals surface area contributed by atoms with Gasteiger partial charge < -0.3 is 14.6 Å². The number of halogens is 2. The zero-order valence-electron chi connectivity index (χ0n) is 11.7. The number of carbonyl (C=O) groups excluding carboxylic acids is 1. The predicted octanol–water partition coefficient (Wildman–Crippen LogP) is 1.56. The van der Waals surface area contributed by atoms with Gasteiger partial charge in [0.15, 0.2) is 0 Å². The molecule has 1 amide bonds. The first-order valence-corrected chi connectivity index (χ1v) is 7.40. The molecule has 1 aliphatic rings. The van der Waals surface area contributed by atoms with Crippen molar-refractivity contribution in [3.8, 4) is 0 Å². The van der Waals surface area contributed by atoms with Crippen LogP contribution in [0.4, 0.5) is 0 Å². The van der Waals surface area contributed by atoms with Crippen LogP contribution in [0.2, 0.25) is 10.2 Å². The molecule has 0 unspecified atom stereocenters. The van der Waals surface area contributed by atoms with E-state index in [9.17, 15) is 9.59 Å². The Morgan fingerprint density at radius 1 is 1.24 bits per heavy atom. The summed E-state index contributed by atoms with van der Waals surface area (Å²) in [6, 6.07) is 1.56. The van der Waals surface area contributed by atoms with E-state index in [1.54, 1.807) is 22.6 Å². The average Bonchev–Trinajstić information content (AvgIpc) is 2.61. The minimum absolute atomic E-state index is 0.00381. The molecule has 1 aromatic rings. The smallest absolute Gasteiger partial charge is 0.317 e. The lowest BCUT2D eigenvalue weighted by atomic mass is 10.3. The maximum absolute atomic E-state index is 12.5. The summed E-state index contributed by atoms with van der Waals surface area (Å²) in [7, 11) is 1.69. The molecule has 21 heavy (non-hydrogen) atoms. The van der Waals surface area contributed by atoms with Crippen LogP contribution in [-0.2, 0) is 11.8 Å². The van der Waals surface area contributed by atoms with Gasteiger partial charge in [-0.15, -0.1) is 0 Å². The van der Waals surface area contributed by atoms with Gasteiger partial charge in [-0.05, 0) is 12.5 Å². The molecule has 1 aromatic heterocycles. The monoisotopic (exact) mass is 333 g/mol. The van der Waals surface area contributed by atoms with E-state index in [1.165, 1.54) is 0 Å². The van der Waals surface area contributed by atoms with Crippen LogP contribution in [-0.4, -0.2) is 64.1 Å². The normalized spacial score (nSPS) is 16.8. The van der Waals surface area contributed by atoms with Crippen molar-refractivity contribution in [3.05, 3.63) is 21.9 Å². The van der Waals surface area contributed by atoms with Crippen LogP contribution < -0.4 is 0 Å². The SMILES string of the molecule is Cn1c(C(=O)N2CCCN(CC(=O)O)CC2)cc(Cl)c1Cl. The topological polar surface area (TPSA) is 65.8 Å². The molecule has 1 aliphatic heterocycles. The lowest BCUT2D eigenvalue weighted by Gasteiger charge is -2.21. The Kier molecular flexibility index (Phi) is 5.13. The highest BCUT2D eigenvalue weighted by Crippen LogP contribution is 2.26. The Labute approximate surface area is 132 Å². The van der Waals surface area contributed by atoms with Crippen molar-refractivity contribution in [3.63, 3.8) is 0 Å². The van der Waals surface area contributed by atoms with E-state index in [2.05, 4.69) is 0 Å². The van der Waals surface area contributed by atoms with E-state index in [-0.39, 0.29) is 12.5 Å². The molecule has 116 valence electrons. The number of carboxylic acid groups (broad SMARTS) is 1. The second-order valence-corrected chi connectivity index (χ2v) is 5.81. The van der Waals surface area contributed by atoms with Gasteiger partial charge in [0, 0.05) is 33.2 Å². The van der Waals surface area contributed by atoms with Gasteiger partial charge in [0.2, 0.25) is 0 Å². The summed E-state index contributed by atoms with van der Waals surface area (Å²) >= 11 is 11.9. The Balaban J connectivity index is 2.06. The number of hydrogen-bond donors (Lipinski definition) is 1. The Morgan fingerprint density at radius 2 is 1.95 bits per heavy atom. The Bertz CT molecular complexity index is 559. The van der Waals surface area contributed by atoms with E-state index in [4.69, 9.17) is 28.3 Å². The van der Waals surface area contributed by atoms with Gasteiger partial charge in [0.05, 0.1) is 11.6 Å². The van der Waals surface area contributed by atoms with E-state index >= 15 is 0 Å². The van der Waals surface area contributed by atoms with Gasteiger partial charge in [0.25, 0.3) is 5.91 Å². The van der Waals surface area contributed by atoms with Crippen molar-refractivity contribution in [2.45, 2.75) is 6.42 Å². The van der Waals surface area contributed by atoms with Crippen molar-refractivity contribution in [1.82, 2.24) is 14.4 Å². The van der Waals surface area contributed by atoms with Crippen LogP contribution in [0.3, 0.4) is 0 Å². The molecule has 2 rings (SSSR count). The molecule has 1 saturated heterocycles. The maximum Gasteiger partial charge on any atom is 0.317 e. The van der Waals surface area contributed by atoms with E-state index in [0.29, 0.717) is 42.0 Å². The number of aromatic nitrogens is 1. The second-order valence-electron chi connectivity index (χ2n) is 5.04. The van der Waals surface area contributed by atoms with Crippen molar-refractivity contribution >= 4 is 35.1 Å². The van der Waals surface area contributed by atoms with Gasteiger partial charge in [-0.25, -0.2) is 0 Å². The first-order chi connectivity index (χ1) is 9.90. The molecule has 1 N–H and O–H groups in total. The fourth-order valence-electron chi connectivity index (χ4n) is 2.43. The quantitative estimate of drug-likeness (QED) is 0.911. The Morgan fingerprint density at radius 3 is 2.52 bits per heavy atom. The third-order valence-electron chi connectivity index (χ3n) is 3.57. The number of nitrogens with zero attached hydrogens (tertiary/aromatic N) is 3. The van der Waals surface area contributed by atoms with Gasteiger partial charge in [0.1, 0.15) is 10.8 Å². The molecule has 0 aliphatic carbocycles. The van der Waals surface area contributed by atoms with Crippen molar-refractivity contribution in [2.75, 3.05) is 32.7 Å². The zero-order chi connectivity index (χ0) is 15.6. The highest BCUT2D eigenvalue weighted by molar-refractivity contribution is 6.41. The molecule has 0 spiro atoms. The average molecular weight is 334 g/mol. The summed E-state index contributed by atoms with van der Waals surface area (Å²) in [6.07, 6.45) is 0.741. The van der Waals surface area contributed by atoms with Gasteiger partial charge in [-0.1, -0.05) is 23.2 Å². The summed E-state index contributed by atoms with van der Waals surface area (Å²) in [5.41, 5.74) is 0.441. The van der Waals surface area contributed by atoms with E-state index in [1.807, 2.05) is 4.90 Å². The number of carboxylic acids is 1. The van der Waals surface area contributed by atoms with Crippen LogP contribution in [0.25, 0.3) is 0 Å². The third kappa shape index (κ3) is 3.70. The molecular weight excluding hydrogens is 317 g/mol. The van der Waals surface area contributed by atoms with Crippen LogP contribution in [0.15, 0.2) is 6.07 Å². The first kappa shape index (κ1) is 16.1. The summed E-state index contributed by atoms with van der Waals surface area (Å²) in [4.78, 5) is 26.8. The number of aliphatic carboxylic acids is 1. The van der Waals surface area contributed by atoms with Crippen LogP contribution in [0.1, 0.15) is 16.9 Å². The molecule has 6 nitrogen and oxygen atoms in total. The molecule has 0 saturated carbocycles. The number of rotatable bonds is 3. The zero-order valence-corrected chi connectivity index (χ0v) is 13.2. The molecule has 0 atom stereocenters. The van der Waals surface area contributed by atoms with Crippen molar-refractivity contribution in [2.24, 2.45) is 7.05 Å². The van der Waals surface area contributed by atoms with Crippen molar-refractivity contribution < 1.29 is 14.7 Å². The lowest BCUT2D eigenvalue weighted by molar-refractivity contribution is -0.138. The molecule has 1 fully saturated rings. The molecule has 8 heteroatoms. The minimum atomic E-state index is -0.851. The summed E-state index contributed by atoms with van der Waals surface area (Å²) < 4.78 is 1.56. The number of hydrogen-bond acceptors (Lipinski definition) is 3. The molecule has 0 aromatic carbocycles. The fourth-order valence-corrected chi connectivity index (χ4v) is 2.81. The largest absolute Gasteiger partial charge is 0.480 e. The molecule has 0 radical (unpaired) electrons. The highest BCUT2D eigenvalue weighted by Gasteiger charge is 2.24. The van der Waals surface area contributed by atoms with Gasteiger partial charge in [-0.2, -0.15) is 0 Å². The molecule has 0 bridgehead atoms. The van der Waals surface area contributed by atoms with Crippen molar-refractivity contribution in [1.29, 1.82) is 0 Å². The number of carbonyl (C=O) groups is 2. The standard InChI is InChI=1S/C13H17Cl2N3O3/c1-16-10(7-9(14)12(16)15)13(21)18-4-2-3-17(5-6-18)8-11(19)20/h7H,2-6,8H2,1H3,(H,19,20). The minimum Gasteiger partial charge on any atom is -0.480 e. The van der Waals surface area contributed by atoms with E-state index < -0.39 is 5.97 Å². The number of amides is 1. The highest BCUT2D eigenvalue weighted by atomic mass is 35.5. The van der Waals surface area contributed by atoms with Gasteiger partial charge >= 0.3 is 5.97 Å². The maximum atomic E-state index is 12.5. The Hall–Kier alpha value is -1.24. The van der Waals surface area contributed by atoms with E-state index in [0.717, 1.165) is 6.42 Å². The molecule has 2 heterocycles. The fraction of sp³-hybridized carbons (Fsp3) is 0.538. The van der Waals surface area contributed by atoms with Gasteiger partial charge in [-0.3, -0.25) is 14.5 Å². The van der Waals surface area contributed by atoms with Crippen LogP contribution in [0.5, 0.6) is 0 Å². The summed E-state index contributed by atoms with van der Waals surface area (Å²) in [5.74, 6) is -0.987. The second kappa shape index (κ2) is 6.68. The van der Waals surface area contributed by atoms with Crippen LogP contribution >= 0.6 is 23.2 Å². The van der Waals surface area contributed by atoms with Crippen LogP contribution in [0, 0.1) is 0 Å².